The Morgan fingerprint density at radius 1 is 1.52 bits per heavy atom. The Morgan fingerprint density at radius 3 is 3.05 bits per heavy atom. The van der Waals surface area contributed by atoms with Crippen LogP contribution in [0.1, 0.15) is 40.7 Å². The summed E-state index contributed by atoms with van der Waals surface area (Å²) in [5.74, 6) is 0.421. The number of thiazole rings is 1. The van der Waals surface area contributed by atoms with Crippen molar-refractivity contribution in [3.63, 3.8) is 0 Å². The number of hydrogen-bond acceptors (Lipinski definition) is 7. The Labute approximate surface area is 124 Å². The van der Waals surface area contributed by atoms with Crippen molar-refractivity contribution >= 4 is 28.3 Å². The molecule has 0 bridgehead atoms. The highest BCUT2D eigenvalue weighted by Gasteiger charge is 2.29. The van der Waals surface area contributed by atoms with E-state index in [4.69, 9.17) is 4.52 Å². The number of ether oxygens (including phenoxy) is 1. The van der Waals surface area contributed by atoms with Gasteiger partial charge in [0.2, 0.25) is 0 Å². The fourth-order valence-electron chi connectivity index (χ4n) is 1.78. The molecule has 1 amide bonds. The van der Waals surface area contributed by atoms with Gasteiger partial charge in [-0.2, -0.15) is 0 Å². The van der Waals surface area contributed by atoms with Crippen molar-refractivity contribution < 1.29 is 18.8 Å². The van der Waals surface area contributed by atoms with Gasteiger partial charge in [0.25, 0.3) is 5.91 Å². The molecular formula is C13H13N3O4S. The first-order valence-electron chi connectivity index (χ1n) is 6.45. The van der Waals surface area contributed by atoms with Gasteiger partial charge in [-0.3, -0.25) is 14.9 Å². The quantitative estimate of drug-likeness (QED) is 0.849. The first-order valence-corrected chi connectivity index (χ1v) is 7.33. The molecule has 0 radical (unpaired) electrons. The Hall–Kier alpha value is -2.22. The van der Waals surface area contributed by atoms with Crippen LogP contribution < -0.4 is 5.32 Å². The van der Waals surface area contributed by atoms with Crippen molar-refractivity contribution in [3.8, 4) is 0 Å². The summed E-state index contributed by atoms with van der Waals surface area (Å²) in [4.78, 5) is 27.3. The number of nitrogens with zero attached hydrogens (tertiary/aromatic N) is 2. The van der Waals surface area contributed by atoms with Gasteiger partial charge in [-0.15, -0.1) is 11.3 Å². The standard InChI is InChI=1S/C13H13N3O4S/c1-19-11(17)4-8-6-21-13(14-8)15-12(18)9-5-10(20-16-9)7-2-3-7/h5-7H,2-4H2,1H3,(H,14,15,18). The number of carbonyl (C=O) groups is 2. The molecule has 0 spiro atoms. The maximum absolute atomic E-state index is 12.0. The summed E-state index contributed by atoms with van der Waals surface area (Å²) in [6.07, 6.45) is 2.25. The summed E-state index contributed by atoms with van der Waals surface area (Å²) in [7, 11) is 1.32. The van der Waals surface area contributed by atoms with Gasteiger partial charge < -0.3 is 9.26 Å². The van der Waals surface area contributed by atoms with Gasteiger partial charge in [-0.05, 0) is 12.8 Å². The van der Waals surface area contributed by atoms with Gasteiger partial charge in [-0.25, -0.2) is 4.98 Å². The van der Waals surface area contributed by atoms with E-state index < -0.39 is 0 Å². The van der Waals surface area contributed by atoms with Gasteiger partial charge in [-0.1, -0.05) is 5.16 Å². The zero-order chi connectivity index (χ0) is 14.8. The predicted molar refractivity (Wildman–Crippen MR) is 74.3 cm³/mol. The van der Waals surface area contributed by atoms with Crippen LogP contribution in [-0.4, -0.2) is 29.1 Å². The number of carbonyl (C=O) groups excluding carboxylic acids is 2. The highest BCUT2D eigenvalue weighted by molar-refractivity contribution is 7.14. The fraction of sp³-hybridized carbons (Fsp3) is 0.385. The average Bonchev–Trinajstić information content (AvgIpc) is 3.04. The molecule has 8 heteroatoms. The summed E-state index contributed by atoms with van der Waals surface area (Å²) in [6, 6.07) is 1.66. The lowest BCUT2D eigenvalue weighted by Gasteiger charge is -1.97. The van der Waals surface area contributed by atoms with Crippen molar-refractivity contribution in [3.05, 3.63) is 28.6 Å². The second kappa shape index (κ2) is 5.65. The van der Waals surface area contributed by atoms with Crippen LogP contribution in [0.25, 0.3) is 0 Å². The number of nitrogens with one attached hydrogen (secondary N) is 1. The molecule has 7 nitrogen and oxygen atoms in total. The third kappa shape index (κ3) is 3.27. The molecule has 110 valence electrons. The Balaban J connectivity index is 1.62. The Bertz CT molecular complexity index is 675. The summed E-state index contributed by atoms with van der Waals surface area (Å²) in [5, 5.41) is 8.51. The Kier molecular flexibility index (Phi) is 3.70. The van der Waals surface area contributed by atoms with Crippen molar-refractivity contribution in [1.29, 1.82) is 0 Å². The molecule has 2 aromatic rings. The smallest absolute Gasteiger partial charge is 0.311 e. The molecule has 1 aliphatic carbocycles. The van der Waals surface area contributed by atoms with Crippen LogP contribution in [0.2, 0.25) is 0 Å². The lowest BCUT2D eigenvalue weighted by atomic mass is 10.3. The predicted octanol–water partition coefficient (Wildman–Crippen LogP) is 1.98. The van der Waals surface area contributed by atoms with E-state index in [9.17, 15) is 9.59 Å². The van der Waals surface area contributed by atoms with E-state index in [1.807, 2.05) is 0 Å². The van der Waals surface area contributed by atoms with Crippen molar-refractivity contribution in [2.45, 2.75) is 25.2 Å². The van der Waals surface area contributed by atoms with Crippen LogP contribution >= 0.6 is 11.3 Å². The van der Waals surface area contributed by atoms with E-state index in [2.05, 4.69) is 20.2 Å². The van der Waals surface area contributed by atoms with Crippen LogP contribution in [0.4, 0.5) is 5.13 Å². The summed E-state index contributed by atoms with van der Waals surface area (Å²) in [6.45, 7) is 0. The average molecular weight is 307 g/mol. The minimum Gasteiger partial charge on any atom is -0.469 e. The minimum absolute atomic E-state index is 0.0820. The normalized spacial score (nSPS) is 14.0. The number of methoxy groups -OCH3 is 1. The van der Waals surface area contributed by atoms with Gasteiger partial charge in [0, 0.05) is 17.4 Å². The maximum Gasteiger partial charge on any atom is 0.311 e. The first-order chi connectivity index (χ1) is 10.2. The molecule has 0 saturated heterocycles. The van der Waals surface area contributed by atoms with Crippen LogP contribution in [0.5, 0.6) is 0 Å². The number of rotatable bonds is 5. The molecule has 1 N–H and O–H groups in total. The minimum atomic E-state index is -0.372. The van der Waals surface area contributed by atoms with E-state index in [-0.39, 0.29) is 24.0 Å². The number of aromatic nitrogens is 2. The molecule has 1 saturated carbocycles. The molecule has 2 heterocycles. The van der Waals surface area contributed by atoms with Gasteiger partial charge in [0.1, 0.15) is 5.76 Å². The first kappa shape index (κ1) is 13.7. The number of amides is 1. The van der Waals surface area contributed by atoms with Crippen LogP contribution in [-0.2, 0) is 16.0 Å². The molecule has 0 atom stereocenters. The summed E-state index contributed by atoms with van der Waals surface area (Å²) in [5.41, 5.74) is 0.794. The van der Waals surface area contributed by atoms with Gasteiger partial charge in [0.15, 0.2) is 10.8 Å². The number of hydrogen-bond donors (Lipinski definition) is 1. The third-order valence-electron chi connectivity index (χ3n) is 3.07. The maximum atomic E-state index is 12.0. The lowest BCUT2D eigenvalue weighted by molar-refractivity contribution is -0.139. The van der Waals surface area contributed by atoms with Crippen LogP contribution in [0, 0.1) is 0 Å². The number of anilines is 1. The zero-order valence-electron chi connectivity index (χ0n) is 11.3. The monoisotopic (exact) mass is 307 g/mol. The molecule has 0 unspecified atom stereocenters. The highest BCUT2D eigenvalue weighted by atomic mass is 32.1. The molecular weight excluding hydrogens is 294 g/mol. The van der Waals surface area contributed by atoms with Crippen LogP contribution in [0.15, 0.2) is 16.0 Å². The SMILES string of the molecule is COC(=O)Cc1csc(NC(=O)c2cc(C3CC3)on2)n1. The molecule has 3 rings (SSSR count). The van der Waals surface area contributed by atoms with E-state index in [0.717, 1.165) is 18.6 Å². The number of esters is 1. The van der Waals surface area contributed by atoms with Crippen molar-refractivity contribution in [1.82, 2.24) is 10.1 Å². The van der Waals surface area contributed by atoms with E-state index >= 15 is 0 Å². The summed E-state index contributed by atoms with van der Waals surface area (Å²) < 4.78 is 9.69. The van der Waals surface area contributed by atoms with Gasteiger partial charge >= 0.3 is 5.97 Å². The van der Waals surface area contributed by atoms with Crippen molar-refractivity contribution in [2.24, 2.45) is 0 Å². The van der Waals surface area contributed by atoms with Crippen LogP contribution in [0.3, 0.4) is 0 Å². The van der Waals surface area contributed by atoms with Crippen molar-refractivity contribution in [2.75, 3.05) is 12.4 Å². The van der Waals surface area contributed by atoms with E-state index in [1.165, 1.54) is 18.4 Å². The molecule has 0 aromatic carbocycles. The zero-order valence-corrected chi connectivity index (χ0v) is 12.1. The molecule has 2 aromatic heterocycles. The molecule has 0 aliphatic heterocycles. The highest BCUT2D eigenvalue weighted by Crippen LogP contribution is 2.40. The fourth-order valence-corrected chi connectivity index (χ4v) is 2.49. The van der Waals surface area contributed by atoms with E-state index in [0.29, 0.717) is 16.7 Å². The second-order valence-electron chi connectivity index (χ2n) is 4.74. The molecule has 1 fully saturated rings. The second-order valence-corrected chi connectivity index (χ2v) is 5.60. The molecule has 21 heavy (non-hydrogen) atoms. The van der Waals surface area contributed by atoms with E-state index in [1.54, 1.807) is 11.4 Å². The van der Waals surface area contributed by atoms with Gasteiger partial charge in [0.05, 0.1) is 19.2 Å². The summed E-state index contributed by atoms with van der Waals surface area (Å²) >= 11 is 1.24. The molecule has 1 aliphatic rings. The largest absolute Gasteiger partial charge is 0.469 e. The topological polar surface area (TPSA) is 94.3 Å². The third-order valence-corrected chi connectivity index (χ3v) is 3.87. The lowest BCUT2D eigenvalue weighted by Crippen LogP contribution is -2.12. The Morgan fingerprint density at radius 2 is 2.33 bits per heavy atom.